The lowest BCUT2D eigenvalue weighted by molar-refractivity contribution is -0.148. The van der Waals surface area contributed by atoms with Crippen molar-refractivity contribution < 1.29 is 13.2 Å². The first-order valence-corrected chi connectivity index (χ1v) is 7.91. The summed E-state index contributed by atoms with van der Waals surface area (Å²) in [6.45, 7) is 1.63. The van der Waals surface area contributed by atoms with E-state index in [2.05, 4.69) is 41.0 Å². The van der Waals surface area contributed by atoms with Crippen molar-refractivity contribution >= 4 is 0 Å². The largest absolute Gasteiger partial charge is 0.453 e. The SMILES string of the molecule is FC(F)(F)c1nnnn1C1CCN(Cc2ccccc2-c2nn[nH]n2)C1. The Kier molecular flexibility index (Phi) is 4.11. The van der Waals surface area contributed by atoms with Crippen LogP contribution in [0.4, 0.5) is 13.2 Å². The maximum atomic E-state index is 13.0. The molecule has 9 nitrogen and oxygen atoms in total. The van der Waals surface area contributed by atoms with Crippen molar-refractivity contribution in [1.29, 1.82) is 0 Å². The first kappa shape index (κ1) is 16.6. The first-order valence-electron chi connectivity index (χ1n) is 7.91. The number of aromatic amines is 1. The van der Waals surface area contributed by atoms with Gasteiger partial charge in [-0.3, -0.25) is 4.90 Å². The van der Waals surface area contributed by atoms with Crippen LogP contribution in [0.2, 0.25) is 0 Å². The highest BCUT2D eigenvalue weighted by atomic mass is 19.4. The van der Waals surface area contributed by atoms with E-state index in [1.54, 1.807) is 0 Å². The zero-order valence-corrected chi connectivity index (χ0v) is 13.4. The van der Waals surface area contributed by atoms with E-state index in [9.17, 15) is 13.2 Å². The van der Waals surface area contributed by atoms with Gasteiger partial charge in [0.25, 0.3) is 5.82 Å². The van der Waals surface area contributed by atoms with Gasteiger partial charge in [0.15, 0.2) is 0 Å². The summed E-state index contributed by atoms with van der Waals surface area (Å²) in [6, 6.07) is 7.18. The van der Waals surface area contributed by atoms with Crippen LogP contribution in [0.5, 0.6) is 0 Å². The average molecular weight is 365 g/mol. The Hall–Kier alpha value is -2.89. The highest BCUT2D eigenvalue weighted by molar-refractivity contribution is 5.59. The molecule has 0 amide bonds. The molecule has 1 unspecified atom stereocenters. The van der Waals surface area contributed by atoms with Crippen LogP contribution in [-0.2, 0) is 12.7 Å². The highest BCUT2D eigenvalue weighted by Gasteiger charge is 2.40. The molecule has 1 saturated heterocycles. The fourth-order valence-electron chi connectivity index (χ4n) is 3.17. The Morgan fingerprint density at radius 2 is 2.04 bits per heavy atom. The van der Waals surface area contributed by atoms with Gasteiger partial charge in [0.2, 0.25) is 5.82 Å². The summed E-state index contributed by atoms with van der Waals surface area (Å²) in [4.78, 5) is 2.06. The van der Waals surface area contributed by atoms with Crippen molar-refractivity contribution in [3.05, 3.63) is 35.7 Å². The normalized spacial score (nSPS) is 18.5. The topological polar surface area (TPSA) is 101 Å². The lowest BCUT2D eigenvalue weighted by Gasteiger charge is -2.18. The van der Waals surface area contributed by atoms with E-state index in [-0.39, 0.29) is 0 Å². The number of nitrogens with one attached hydrogen (secondary N) is 1. The van der Waals surface area contributed by atoms with E-state index in [0.717, 1.165) is 15.8 Å². The Balaban J connectivity index is 1.51. The Morgan fingerprint density at radius 3 is 2.81 bits per heavy atom. The van der Waals surface area contributed by atoms with Crippen LogP contribution in [0, 0.1) is 0 Å². The molecule has 3 heterocycles. The second kappa shape index (κ2) is 6.44. The predicted molar refractivity (Wildman–Crippen MR) is 81.4 cm³/mol. The molecule has 1 aromatic carbocycles. The van der Waals surface area contributed by atoms with Crippen LogP contribution in [0.15, 0.2) is 24.3 Å². The molecule has 0 saturated carbocycles. The molecule has 2 aromatic heterocycles. The zero-order chi connectivity index (χ0) is 18.1. The summed E-state index contributed by atoms with van der Waals surface area (Å²) in [6.07, 6.45) is -4.03. The number of halogens is 3. The van der Waals surface area contributed by atoms with Crippen LogP contribution in [0.1, 0.15) is 23.9 Å². The van der Waals surface area contributed by atoms with Crippen LogP contribution in [0.25, 0.3) is 11.4 Å². The number of aromatic nitrogens is 8. The molecule has 1 aliphatic rings. The van der Waals surface area contributed by atoms with Gasteiger partial charge >= 0.3 is 6.18 Å². The van der Waals surface area contributed by atoms with E-state index in [1.807, 2.05) is 24.3 Å². The molecule has 4 rings (SSSR count). The second-order valence-corrected chi connectivity index (χ2v) is 6.01. The molecule has 136 valence electrons. The van der Waals surface area contributed by atoms with Crippen molar-refractivity contribution in [2.45, 2.75) is 25.2 Å². The summed E-state index contributed by atoms with van der Waals surface area (Å²) >= 11 is 0. The minimum atomic E-state index is -4.57. The van der Waals surface area contributed by atoms with Gasteiger partial charge in [0.05, 0.1) is 6.04 Å². The minimum Gasteiger partial charge on any atom is -0.297 e. The summed E-state index contributed by atoms with van der Waals surface area (Å²) < 4.78 is 39.8. The third kappa shape index (κ3) is 3.14. The van der Waals surface area contributed by atoms with Gasteiger partial charge in [-0.05, 0) is 27.6 Å². The molecule has 1 atom stereocenters. The van der Waals surface area contributed by atoms with Crippen LogP contribution in [-0.4, -0.2) is 58.8 Å². The number of likely N-dealkylation sites (tertiary alicyclic amines) is 1. The van der Waals surface area contributed by atoms with Crippen molar-refractivity contribution in [3.63, 3.8) is 0 Å². The summed E-state index contributed by atoms with van der Waals surface area (Å²) in [5, 5.41) is 23.8. The number of rotatable bonds is 4. The Labute approximate surface area is 145 Å². The van der Waals surface area contributed by atoms with Crippen LogP contribution in [0.3, 0.4) is 0 Å². The standard InChI is InChI=1S/C14H14F3N9/c15-14(16,17)13-20-23-24-26(13)10-5-6-25(8-10)7-9-3-1-2-4-11(9)12-18-21-22-19-12/h1-4,10H,5-8H2,(H,18,19,21,22). The van der Waals surface area contributed by atoms with Crippen LogP contribution >= 0.6 is 0 Å². The third-order valence-corrected chi connectivity index (χ3v) is 4.34. The summed E-state index contributed by atoms with van der Waals surface area (Å²) in [7, 11) is 0. The smallest absolute Gasteiger partial charge is 0.297 e. The molecular weight excluding hydrogens is 351 g/mol. The van der Waals surface area contributed by atoms with Gasteiger partial charge in [0, 0.05) is 25.2 Å². The number of H-pyrrole nitrogens is 1. The quantitative estimate of drug-likeness (QED) is 0.744. The van der Waals surface area contributed by atoms with Gasteiger partial charge in [-0.15, -0.1) is 15.3 Å². The molecule has 1 fully saturated rings. The average Bonchev–Trinajstić information content (AvgIpc) is 3.35. The van der Waals surface area contributed by atoms with Crippen LogP contribution < -0.4 is 0 Å². The highest BCUT2D eigenvalue weighted by Crippen LogP contribution is 2.32. The zero-order valence-electron chi connectivity index (χ0n) is 13.4. The summed E-state index contributed by atoms with van der Waals surface area (Å²) in [5.41, 5.74) is 1.81. The molecule has 1 aliphatic heterocycles. The van der Waals surface area contributed by atoms with Crippen molar-refractivity contribution in [2.24, 2.45) is 0 Å². The molecule has 0 spiro atoms. The molecule has 3 aromatic rings. The van der Waals surface area contributed by atoms with Gasteiger partial charge in [-0.25, -0.2) is 4.68 Å². The van der Waals surface area contributed by atoms with E-state index < -0.39 is 18.0 Å². The van der Waals surface area contributed by atoms with E-state index in [1.165, 1.54) is 0 Å². The number of tetrazole rings is 2. The number of benzene rings is 1. The lowest BCUT2D eigenvalue weighted by atomic mass is 10.1. The third-order valence-electron chi connectivity index (χ3n) is 4.34. The van der Waals surface area contributed by atoms with Crippen molar-refractivity contribution in [1.82, 2.24) is 45.7 Å². The first-order chi connectivity index (χ1) is 12.5. The monoisotopic (exact) mass is 365 g/mol. The van der Waals surface area contributed by atoms with Crippen molar-refractivity contribution in [3.8, 4) is 11.4 Å². The van der Waals surface area contributed by atoms with Gasteiger partial charge in [0.1, 0.15) is 0 Å². The predicted octanol–water partition coefficient (Wildman–Crippen LogP) is 1.32. The van der Waals surface area contributed by atoms with E-state index >= 15 is 0 Å². The molecule has 12 heteroatoms. The Bertz CT molecular complexity index is 874. The molecule has 0 bridgehead atoms. The maximum Gasteiger partial charge on any atom is 0.453 e. The lowest BCUT2D eigenvalue weighted by Crippen LogP contribution is -2.24. The Morgan fingerprint density at radius 1 is 1.19 bits per heavy atom. The maximum absolute atomic E-state index is 13.0. The molecule has 0 aliphatic carbocycles. The minimum absolute atomic E-state index is 0.418. The number of hydrogen-bond acceptors (Lipinski definition) is 7. The molecule has 0 radical (unpaired) electrons. The molecule has 26 heavy (non-hydrogen) atoms. The number of alkyl halides is 3. The fourth-order valence-corrected chi connectivity index (χ4v) is 3.17. The van der Waals surface area contributed by atoms with E-state index in [4.69, 9.17) is 0 Å². The van der Waals surface area contributed by atoms with E-state index in [0.29, 0.717) is 31.9 Å². The van der Waals surface area contributed by atoms with Gasteiger partial charge in [-0.2, -0.15) is 18.4 Å². The number of nitrogens with zero attached hydrogens (tertiary/aromatic N) is 8. The molecular formula is C14H14F3N9. The second-order valence-electron chi connectivity index (χ2n) is 6.01. The molecule has 1 N–H and O–H groups in total. The van der Waals surface area contributed by atoms with Gasteiger partial charge in [-0.1, -0.05) is 24.3 Å². The summed E-state index contributed by atoms with van der Waals surface area (Å²) in [5.74, 6) is -0.576. The van der Waals surface area contributed by atoms with Crippen molar-refractivity contribution in [2.75, 3.05) is 13.1 Å². The van der Waals surface area contributed by atoms with Gasteiger partial charge < -0.3 is 0 Å². The number of hydrogen-bond donors (Lipinski definition) is 1. The fraction of sp³-hybridized carbons (Fsp3) is 0.429.